The van der Waals surface area contributed by atoms with Crippen LogP contribution in [0.15, 0.2) is 23.1 Å². The molecule has 24 heavy (non-hydrogen) atoms. The van der Waals surface area contributed by atoms with Crippen LogP contribution in [0.3, 0.4) is 0 Å². The summed E-state index contributed by atoms with van der Waals surface area (Å²) in [5, 5.41) is 0. The zero-order valence-corrected chi connectivity index (χ0v) is 15.4. The predicted molar refractivity (Wildman–Crippen MR) is 90.0 cm³/mol. The first-order chi connectivity index (χ1) is 11.3. The number of carbonyl (C=O) groups is 1. The number of hydrogen-bond acceptors (Lipinski definition) is 4. The van der Waals surface area contributed by atoms with Gasteiger partial charge in [-0.1, -0.05) is 13.8 Å². The molecule has 6 nitrogen and oxygen atoms in total. The second-order valence-electron chi connectivity index (χ2n) is 5.31. The highest BCUT2D eigenvalue weighted by Gasteiger charge is 2.26. The van der Waals surface area contributed by atoms with Crippen molar-refractivity contribution in [3.63, 3.8) is 0 Å². The van der Waals surface area contributed by atoms with E-state index in [1.165, 1.54) is 11.0 Å². The van der Waals surface area contributed by atoms with E-state index in [-0.39, 0.29) is 24.6 Å². The van der Waals surface area contributed by atoms with Crippen molar-refractivity contribution in [1.82, 2.24) is 9.21 Å². The maximum atomic E-state index is 14.1. The van der Waals surface area contributed by atoms with Crippen LogP contribution in [0.25, 0.3) is 0 Å². The SMILES string of the molecule is CCN(CC)S(=O)(=O)c1cc(C(=O)N(C)CCCOC)ccc1F. The maximum Gasteiger partial charge on any atom is 0.253 e. The lowest BCUT2D eigenvalue weighted by Crippen LogP contribution is -2.32. The highest BCUT2D eigenvalue weighted by molar-refractivity contribution is 7.89. The molecule has 1 aromatic rings. The van der Waals surface area contributed by atoms with Gasteiger partial charge >= 0.3 is 0 Å². The second kappa shape index (κ2) is 9.10. The van der Waals surface area contributed by atoms with E-state index < -0.39 is 20.7 Å². The number of rotatable bonds is 9. The van der Waals surface area contributed by atoms with E-state index in [0.29, 0.717) is 19.6 Å². The summed E-state index contributed by atoms with van der Waals surface area (Å²) in [6.07, 6.45) is 0.657. The summed E-state index contributed by atoms with van der Waals surface area (Å²) in [7, 11) is -0.780. The van der Waals surface area contributed by atoms with E-state index in [4.69, 9.17) is 4.74 Å². The maximum absolute atomic E-state index is 14.1. The third-order valence-corrected chi connectivity index (χ3v) is 5.75. The number of methoxy groups -OCH3 is 1. The number of halogens is 1. The summed E-state index contributed by atoms with van der Waals surface area (Å²) in [6, 6.07) is 3.43. The molecule has 0 spiro atoms. The van der Waals surface area contributed by atoms with Gasteiger partial charge < -0.3 is 9.64 Å². The van der Waals surface area contributed by atoms with Crippen molar-refractivity contribution in [3.05, 3.63) is 29.6 Å². The highest BCUT2D eigenvalue weighted by atomic mass is 32.2. The number of hydrogen-bond donors (Lipinski definition) is 0. The van der Waals surface area contributed by atoms with Gasteiger partial charge in [0.15, 0.2) is 0 Å². The standard InChI is InChI=1S/C16H25FN2O4S/c1-5-19(6-2)24(21,22)15-12-13(8-9-14(15)17)16(20)18(3)10-7-11-23-4/h8-9,12H,5-7,10-11H2,1-4H3. The van der Waals surface area contributed by atoms with Crippen LogP contribution in [0.1, 0.15) is 30.6 Å². The van der Waals surface area contributed by atoms with E-state index in [1.807, 2.05) is 0 Å². The number of sulfonamides is 1. The smallest absolute Gasteiger partial charge is 0.253 e. The van der Waals surface area contributed by atoms with E-state index in [2.05, 4.69) is 0 Å². The third kappa shape index (κ3) is 4.75. The van der Waals surface area contributed by atoms with Gasteiger partial charge in [-0.05, 0) is 24.6 Å². The largest absolute Gasteiger partial charge is 0.385 e. The molecule has 0 aliphatic rings. The molecule has 8 heteroatoms. The zero-order valence-electron chi connectivity index (χ0n) is 14.6. The number of benzene rings is 1. The first-order valence-corrected chi connectivity index (χ1v) is 9.27. The third-order valence-electron chi connectivity index (χ3n) is 3.69. The Bertz CT molecular complexity index is 660. The van der Waals surface area contributed by atoms with E-state index in [0.717, 1.165) is 16.4 Å². The first kappa shape index (κ1) is 20.5. The van der Waals surface area contributed by atoms with Gasteiger partial charge in [0, 0.05) is 46.0 Å². The molecule has 0 heterocycles. The van der Waals surface area contributed by atoms with Crippen LogP contribution >= 0.6 is 0 Å². The van der Waals surface area contributed by atoms with Crippen LogP contribution in [0.2, 0.25) is 0 Å². The van der Waals surface area contributed by atoms with Crippen molar-refractivity contribution < 1.29 is 22.3 Å². The Morgan fingerprint density at radius 2 is 1.88 bits per heavy atom. The Labute approximate surface area is 143 Å². The van der Waals surface area contributed by atoms with E-state index >= 15 is 0 Å². The monoisotopic (exact) mass is 360 g/mol. The summed E-state index contributed by atoms with van der Waals surface area (Å²) < 4.78 is 45.2. The fourth-order valence-electron chi connectivity index (χ4n) is 2.30. The average Bonchev–Trinajstić information content (AvgIpc) is 2.55. The van der Waals surface area contributed by atoms with Gasteiger partial charge in [0.05, 0.1) is 0 Å². The van der Waals surface area contributed by atoms with Gasteiger partial charge in [-0.15, -0.1) is 0 Å². The van der Waals surface area contributed by atoms with Crippen molar-refractivity contribution >= 4 is 15.9 Å². The van der Waals surface area contributed by atoms with Crippen molar-refractivity contribution in [2.24, 2.45) is 0 Å². The Kier molecular flexibility index (Phi) is 7.78. The average molecular weight is 360 g/mol. The molecule has 0 radical (unpaired) electrons. The number of carbonyl (C=O) groups excluding carboxylic acids is 1. The van der Waals surface area contributed by atoms with Gasteiger partial charge in [-0.2, -0.15) is 4.31 Å². The summed E-state index contributed by atoms with van der Waals surface area (Å²) in [6.45, 7) is 4.79. The molecule has 0 unspecified atom stereocenters. The summed E-state index contributed by atoms with van der Waals surface area (Å²) >= 11 is 0. The normalized spacial score (nSPS) is 11.8. The van der Waals surface area contributed by atoms with Gasteiger partial charge in [0.2, 0.25) is 10.0 Å². The molecule has 0 fully saturated rings. The molecule has 0 N–H and O–H groups in total. The Balaban J connectivity index is 3.12. The molecule has 0 atom stereocenters. The zero-order chi connectivity index (χ0) is 18.3. The molecule has 0 saturated heterocycles. The van der Waals surface area contributed by atoms with Crippen LogP contribution in [0, 0.1) is 5.82 Å². The van der Waals surface area contributed by atoms with Crippen LogP contribution in [0.4, 0.5) is 4.39 Å². The first-order valence-electron chi connectivity index (χ1n) is 7.83. The van der Waals surface area contributed by atoms with Gasteiger partial charge in [-0.3, -0.25) is 4.79 Å². The second-order valence-corrected chi connectivity index (χ2v) is 7.21. The van der Waals surface area contributed by atoms with E-state index in [1.54, 1.807) is 28.0 Å². The molecule has 0 saturated carbocycles. The van der Waals surface area contributed by atoms with Crippen molar-refractivity contribution in [2.75, 3.05) is 40.4 Å². The highest BCUT2D eigenvalue weighted by Crippen LogP contribution is 2.21. The lowest BCUT2D eigenvalue weighted by Gasteiger charge is -2.20. The number of amides is 1. The molecule has 1 aromatic carbocycles. The topological polar surface area (TPSA) is 66.9 Å². The number of ether oxygens (including phenoxy) is 1. The van der Waals surface area contributed by atoms with Gasteiger partial charge in [0.1, 0.15) is 10.7 Å². The molecule has 0 aliphatic heterocycles. The molecule has 1 amide bonds. The predicted octanol–water partition coefficient (Wildman–Crippen LogP) is 1.96. The minimum Gasteiger partial charge on any atom is -0.385 e. The van der Waals surface area contributed by atoms with Gasteiger partial charge in [0.25, 0.3) is 5.91 Å². The van der Waals surface area contributed by atoms with Crippen LogP contribution < -0.4 is 0 Å². The molecule has 136 valence electrons. The van der Waals surface area contributed by atoms with Crippen LogP contribution in [-0.4, -0.2) is 63.9 Å². The van der Waals surface area contributed by atoms with Crippen LogP contribution in [-0.2, 0) is 14.8 Å². The minimum absolute atomic E-state index is 0.141. The van der Waals surface area contributed by atoms with E-state index in [9.17, 15) is 17.6 Å². The fraction of sp³-hybridized carbons (Fsp3) is 0.562. The van der Waals surface area contributed by atoms with Gasteiger partial charge in [-0.25, -0.2) is 12.8 Å². The quantitative estimate of drug-likeness (QED) is 0.632. The Hall–Kier alpha value is -1.51. The molecule has 0 aromatic heterocycles. The summed E-state index contributed by atoms with van der Waals surface area (Å²) in [4.78, 5) is 13.4. The number of nitrogens with zero attached hydrogens (tertiary/aromatic N) is 2. The summed E-state index contributed by atoms with van der Waals surface area (Å²) in [5.74, 6) is -1.22. The van der Waals surface area contributed by atoms with Crippen LogP contribution in [0.5, 0.6) is 0 Å². The van der Waals surface area contributed by atoms with Crippen molar-refractivity contribution in [2.45, 2.75) is 25.2 Å². The fourth-order valence-corrected chi connectivity index (χ4v) is 3.85. The lowest BCUT2D eigenvalue weighted by atomic mass is 10.2. The lowest BCUT2D eigenvalue weighted by molar-refractivity contribution is 0.0779. The molecular formula is C16H25FN2O4S. The molecule has 1 rings (SSSR count). The molecule has 0 bridgehead atoms. The van der Waals surface area contributed by atoms with Crippen molar-refractivity contribution in [1.29, 1.82) is 0 Å². The molecular weight excluding hydrogens is 335 g/mol. The Morgan fingerprint density at radius 3 is 2.42 bits per heavy atom. The molecule has 0 aliphatic carbocycles. The van der Waals surface area contributed by atoms with Crippen molar-refractivity contribution in [3.8, 4) is 0 Å². The minimum atomic E-state index is -3.97. The Morgan fingerprint density at radius 1 is 1.25 bits per heavy atom. The summed E-state index contributed by atoms with van der Waals surface area (Å²) in [5.41, 5.74) is 0.141.